The number of ether oxygens (including phenoxy) is 1. The van der Waals surface area contributed by atoms with Gasteiger partial charge < -0.3 is 10.5 Å². The summed E-state index contributed by atoms with van der Waals surface area (Å²) >= 11 is 0. The average Bonchev–Trinajstić information content (AvgIpc) is 2.50. The van der Waals surface area contributed by atoms with E-state index in [1.165, 1.54) is 32.4 Å². The van der Waals surface area contributed by atoms with Gasteiger partial charge in [-0.15, -0.1) is 0 Å². The molecule has 106 valence electrons. The van der Waals surface area contributed by atoms with Crippen molar-refractivity contribution in [3.8, 4) is 0 Å². The van der Waals surface area contributed by atoms with Gasteiger partial charge in [0.1, 0.15) is 0 Å². The lowest BCUT2D eigenvalue weighted by Crippen LogP contribution is -2.58. The Kier molecular flexibility index (Phi) is 4.35. The van der Waals surface area contributed by atoms with Gasteiger partial charge in [-0.2, -0.15) is 0 Å². The number of nitrogens with two attached hydrogens (primary N) is 1. The SMILES string of the molecule is CC1CC(CN)(N2CCCC(C)(C)CC2)CCO1. The second-order valence-electron chi connectivity index (χ2n) is 7.07. The maximum absolute atomic E-state index is 6.15. The quantitative estimate of drug-likeness (QED) is 0.822. The number of nitrogens with zero attached hydrogens (tertiary/aromatic N) is 1. The predicted molar refractivity (Wildman–Crippen MR) is 75.6 cm³/mol. The summed E-state index contributed by atoms with van der Waals surface area (Å²) < 4.78 is 5.72. The van der Waals surface area contributed by atoms with Crippen LogP contribution in [-0.4, -0.2) is 42.8 Å². The summed E-state index contributed by atoms with van der Waals surface area (Å²) in [4.78, 5) is 2.68. The van der Waals surface area contributed by atoms with Crippen molar-refractivity contribution in [3.05, 3.63) is 0 Å². The Bertz CT molecular complexity index is 280. The average molecular weight is 254 g/mol. The molecule has 2 aliphatic heterocycles. The molecule has 0 aromatic heterocycles. The van der Waals surface area contributed by atoms with E-state index >= 15 is 0 Å². The van der Waals surface area contributed by atoms with Gasteiger partial charge in [-0.05, 0) is 57.5 Å². The molecule has 0 bridgehead atoms. The van der Waals surface area contributed by atoms with Gasteiger partial charge in [0.25, 0.3) is 0 Å². The minimum atomic E-state index is 0.206. The molecule has 18 heavy (non-hydrogen) atoms. The van der Waals surface area contributed by atoms with Gasteiger partial charge in [0.2, 0.25) is 0 Å². The van der Waals surface area contributed by atoms with Gasteiger partial charge >= 0.3 is 0 Å². The molecular formula is C15H30N2O. The fraction of sp³-hybridized carbons (Fsp3) is 1.00. The summed E-state index contributed by atoms with van der Waals surface area (Å²) in [6.07, 6.45) is 6.51. The van der Waals surface area contributed by atoms with Crippen LogP contribution in [-0.2, 0) is 4.74 Å². The molecule has 0 spiro atoms. The predicted octanol–water partition coefficient (Wildman–Crippen LogP) is 2.39. The monoisotopic (exact) mass is 254 g/mol. The maximum atomic E-state index is 6.15. The Morgan fingerprint density at radius 1 is 1.22 bits per heavy atom. The largest absolute Gasteiger partial charge is 0.378 e. The van der Waals surface area contributed by atoms with Crippen molar-refractivity contribution in [2.75, 3.05) is 26.2 Å². The highest BCUT2D eigenvalue weighted by molar-refractivity contribution is 4.97. The van der Waals surface area contributed by atoms with Crippen LogP contribution in [0.4, 0.5) is 0 Å². The molecule has 0 aromatic carbocycles. The lowest BCUT2D eigenvalue weighted by molar-refractivity contribution is -0.0634. The van der Waals surface area contributed by atoms with E-state index in [0.717, 1.165) is 26.0 Å². The smallest absolute Gasteiger partial charge is 0.0565 e. The van der Waals surface area contributed by atoms with E-state index in [4.69, 9.17) is 10.5 Å². The molecule has 2 N–H and O–H groups in total. The molecule has 2 atom stereocenters. The van der Waals surface area contributed by atoms with Gasteiger partial charge in [-0.25, -0.2) is 0 Å². The summed E-state index contributed by atoms with van der Waals surface area (Å²) in [5.74, 6) is 0. The first-order valence-corrected chi connectivity index (χ1v) is 7.54. The normalized spacial score (nSPS) is 38.3. The summed E-state index contributed by atoms with van der Waals surface area (Å²) in [6.45, 7) is 11.1. The van der Waals surface area contributed by atoms with Crippen LogP contribution in [0, 0.1) is 5.41 Å². The highest BCUT2D eigenvalue weighted by atomic mass is 16.5. The lowest BCUT2D eigenvalue weighted by Gasteiger charge is -2.47. The van der Waals surface area contributed by atoms with E-state index in [2.05, 4.69) is 25.7 Å². The van der Waals surface area contributed by atoms with Crippen molar-refractivity contribution < 1.29 is 4.74 Å². The summed E-state index contributed by atoms with van der Waals surface area (Å²) in [5, 5.41) is 0. The van der Waals surface area contributed by atoms with Crippen molar-refractivity contribution in [2.45, 2.75) is 64.5 Å². The topological polar surface area (TPSA) is 38.5 Å². The molecule has 0 aromatic rings. The summed E-state index contributed by atoms with van der Waals surface area (Å²) in [5.41, 5.74) is 6.86. The van der Waals surface area contributed by atoms with E-state index in [0.29, 0.717) is 11.5 Å². The molecule has 2 fully saturated rings. The van der Waals surface area contributed by atoms with Crippen LogP contribution in [0.3, 0.4) is 0 Å². The molecule has 0 saturated carbocycles. The third kappa shape index (κ3) is 3.06. The molecule has 3 heteroatoms. The van der Waals surface area contributed by atoms with Crippen molar-refractivity contribution >= 4 is 0 Å². The third-order valence-electron chi connectivity index (χ3n) is 5.03. The summed E-state index contributed by atoms with van der Waals surface area (Å²) in [7, 11) is 0. The zero-order valence-corrected chi connectivity index (χ0v) is 12.4. The number of hydrogen-bond acceptors (Lipinski definition) is 3. The summed E-state index contributed by atoms with van der Waals surface area (Å²) in [6, 6.07) is 0. The second-order valence-corrected chi connectivity index (χ2v) is 7.07. The van der Waals surface area contributed by atoms with E-state index in [1.807, 2.05) is 0 Å². The fourth-order valence-corrected chi connectivity index (χ4v) is 3.65. The number of likely N-dealkylation sites (tertiary alicyclic amines) is 1. The molecule has 3 nitrogen and oxygen atoms in total. The highest BCUT2D eigenvalue weighted by Gasteiger charge is 2.40. The number of hydrogen-bond donors (Lipinski definition) is 1. The minimum absolute atomic E-state index is 0.206. The van der Waals surface area contributed by atoms with Crippen LogP contribution in [0.25, 0.3) is 0 Å². The van der Waals surface area contributed by atoms with Gasteiger partial charge in [0, 0.05) is 18.7 Å². The van der Waals surface area contributed by atoms with E-state index in [9.17, 15) is 0 Å². The Balaban J connectivity index is 2.07. The number of rotatable bonds is 2. The molecule has 2 saturated heterocycles. The molecule has 2 aliphatic rings. The minimum Gasteiger partial charge on any atom is -0.378 e. The molecule has 2 heterocycles. The molecule has 0 radical (unpaired) electrons. The first kappa shape index (κ1) is 14.3. The Hall–Kier alpha value is -0.120. The van der Waals surface area contributed by atoms with Gasteiger partial charge in [-0.3, -0.25) is 4.90 Å². The zero-order valence-electron chi connectivity index (χ0n) is 12.4. The first-order chi connectivity index (χ1) is 8.47. The van der Waals surface area contributed by atoms with Crippen molar-refractivity contribution in [3.63, 3.8) is 0 Å². The molecular weight excluding hydrogens is 224 g/mol. The zero-order chi connectivity index (χ0) is 13.2. The molecule has 0 aliphatic carbocycles. The van der Waals surface area contributed by atoms with Crippen molar-refractivity contribution in [1.82, 2.24) is 4.90 Å². The lowest BCUT2D eigenvalue weighted by atomic mass is 9.84. The van der Waals surface area contributed by atoms with Crippen LogP contribution in [0.1, 0.15) is 52.9 Å². The van der Waals surface area contributed by atoms with Crippen molar-refractivity contribution in [2.24, 2.45) is 11.1 Å². The molecule has 2 unspecified atom stereocenters. The third-order valence-corrected chi connectivity index (χ3v) is 5.03. The molecule has 0 amide bonds. The van der Waals surface area contributed by atoms with Gasteiger partial charge in [-0.1, -0.05) is 13.8 Å². The first-order valence-electron chi connectivity index (χ1n) is 7.54. The van der Waals surface area contributed by atoms with E-state index < -0.39 is 0 Å². The van der Waals surface area contributed by atoms with E-state index in [-0.39, 0.29) is 5.54 Å². The van der Waals surface area contributed by atoms with Crippen LogP contribution in [0.2, 0.25) is 0 Å². The Labute approximate surface area is 112 Å². The van der Waals surface area contributed by atoms with Crippen LogP contribution < -0.4 is 5.73 Å². The van der Waals surface area contributed by atoms with Gasteiger partial charge in [0.05, 0.1) is 6.10 Å². The van der Waals surface area contributed by atoms with E-state index in [1.54, 1.807) is 0 Å². The Morgan fingerprint density at radius 2 is 2.00 bits per heavy atom. The fourth-order valence-electron chi connectivity index (χ4n) is 3.65. The second kappa shape index (κ2) is 5.48. The van der Waals surface area contributed by atoms with Crippen LogP contribution >= 0.6 is 0 Å². The Morgan fingerprint density at radius 3 is 2.67 bits per heavy atom. The van der Waals surface area contributed by atoms with Crippen molar-refractivity contribution in [1.29, 1.82) is 0 Å². The maximum Gasteiger partial charge on any atom is 0.0565 e. The van der Waals surface area contributed by atoms with Crippen LogP contribution in [0.15, 0.2) is 0 Å². The molecule has 2 rings (SSSR count). The highest BCUT2D eigenvalue weighted by Crippen LogP contribution is 2.36. The van der Waals surface area contributed by atoms with Gasteiger partial charge in [0.15, 0.2) is 0 Å². The van der Waals surface area contributed by atoms with Crippen LogP contribution in [0.5, 0.6) is 0 Å². The standard InChI is InChI=1S/C15H30N2O/c1-13-11-15(12-16,7-10-18-13)17-8-4-5-14(2,3)6-9-17/h13H,4-12,16H2,1-3H3.